The molecule has 1 aromatic carbocycles. The van der Waals surface area contributed by atoms with Crippen molar-refractivity contribution in [1.29, 1.82) is 0 Å². The summed E-state index contributed by atoms with van der Waals surface area (Å²) in [4.78, 5) is 14.8. The van der Waals surface area contributed by atoms with Crippen molar-refractivity contribution in [2.45, 2.75) is 12.8 Å². The Morgan fingerprint density at radius 1 is 1.17 bits per heavy atom. The van der Waals surface area contributed by atoms with Crippen LogP contribution in [0.3, 0.4) is 0 Å². The minimum atomic E-state index is -0.0247. The maximum Gasteiger partial charge on any atom is 0.257 e. The minimum absolute atomic E-state index is 0. The van der Waals surface area contributed by atoms with E-state index in [1.54, 1.807) is 12.1 Å². The average Bonchev–Trinajstić information content (AvgIpc) is 2.87. The fourth-order valence-electron chi connectivity index (χ4n) is 3.46. The molecule has 4 nitrogen and oxygen atoms in total. The molecule has 1 aromatic rings. The van der Waals surface area contributed by atoms with E-state index in [0.717, 1.165) is 39.0 Å². The Labute approximate surface area is 152 Å². The van der Waals surface area contributed by atoms with Crippen molar-refractivity contribution < 1.29 is 9.53 Å². The summed E-state index contributed by atoms with van der Waals surface area (Å²) in [5.74, 6) is 1.83. The van der Waals surface area contributed by atoms with Crippen LogP contribution in [0.4, 0.5) is 0 Å². The number of amides is 1. The summed E-state index contributed by atoms with van der Waals surface area (Å²) in [5.41, 5.74) is 0.488. The Balaban J connectivity index is 0.00000192. The predicted octanol–water partition coefficient (Wildman–Crippen LogP) is 3.50. The van der Waals surface area contributed by atoms with Gasteiger partial charge in [-0.2, -0.15) is 0 Å². The Morgan fingerprint density at radius 3 is 2.30 bits per heavy atom. The zero-order chi connectivity index (χ0) is 15.7. The summed E-state index contributed by atoms with van der Waals surface area (Å²) >= 11 is 12.1. The van der Waals surface area contributed by atoms with Crippen molar-refractivity contribution in [3.63, 3.8) is 0 Å². The molecule has 0 aromatic heterocycles. The molecular formula is C16H21Cl3N2O2. The van der Waals surface area contributed by atoms with Crippen molar-refractivity contribution in [2.75, 3.05) is 33.3 Å². The number of nitrogens with zero attached hydrogens (tertiary/aromatic N) is 1. The quantitative estimate of drug-likeness (QED) is 0.855. The molecule has 1 amide bonds. The number of likely N-dealkylation sites (tertiary alicyclic amines) is 1. The maximum atomic E-state index is 12.8. The summed E-state index contributed by atoms with van der Waals surface area (Å²) < 4.78 is 5.30. The van der Waals surface area contributed by atoms with E-state index in [-0.39, 0.29) is 18.3 Å². The van der Waals surface area contributed by atoms with Crippen LogP contribution in [0.5, 0.6) is 5.75 Å². The summed E-state index contributed by atoms with van der Waals surface area (Å²) in [7, 11) is 1.54. The van der Waals surface area contributed by atoms with Crippen molar-refractivity contribution >= 4 is 41.5 Å². The SMILES string of the molecule is COc1cc(Cl)c(Cl)cc1C(=O)N1CC[C@@H]2CNC[C@@H]2CC1.Cl. The zero-order valence-electron chi connectivity index (χ0n) is 13.0. The summed E-state index contributed by atoms with van der Waals surface area (Å²) in [5, 5.41) is 4.22. The van der Waals surface area contributed by atoms with E-state index in [4.69, 9.17) is 27.9 Å². The largest absolute Gasteiger partial charge is 0.496 e. The molecule has 2 atom stereocenters. The van der Waals surface area contributed by atoms with E-state index in [1.165, 1.54) is 7.11 Å². The minimum Gasteiger partial charge on any atom is -0.496 e. The number of methoxy groups -OCH3 is 1. The summed E-state index contributed by atoms with van der Waals surface area (Å²) in [6.07, 6.45) is 2.10. The molecule has 23 heavy (non-hydrogen) atoms. The number of carbonyl (C=O) groups excluding carboxylic acids is 1. The van der Waals surface area contributed by atoms with E-state index in [1.807, 2.05) is 4.90 Å². The molecule has 0 bridgehead atoms. The highest BCUT2D eigenvalue weighted by Gasteiger charge is 2.32. The molecule has 0 unspecified atom stereocenters. The fraction of sp³-hybridized carbons (Fsp3) is 0.562. The van der Waals surface area contributed by atoms with Gasteiger partial charge in [-0.15, -0.1) is 12.4 Å². The van der Waals surface area contributed by atoms with Gasteiger partial charge in [0.05, 0.1) is 22.7 Å². The topological polar surface area (TPSA) is 41.6 Å². The van der Waals surface area contributed by atoms with Gasteiger partial charge in [-0.05, 0) is 43.8 Å². The Hall–Kier alpha value is -0.680. The summed E-state index contributed by atoms with van der Waals surface area (Å²) in [6, 6.07) is 3.21. The van der Waals surface area contributed by atoms with Crippen LogP contribution in [-0.2, 0) is 0 Å². The second kappa shape index (κ2) is 7.93. The molecule has 2 aliphatic heterocycles. The van der Waals surface area contributed by atoms with Crippen LogP contribution in [-0.4, -0.2) is 44.1 Å². The first kappa shape index (κ1) is 18.7. The van der Waals surface area contributed by atoms with Crippen molar-refractivity contribution in [3.8, 4) is 5.75 Å². The third-order valence-electron chi connectivity index (χ3n) is 4.78. The molecule has 2 aliphatic rings. The highest BCUT2D eigenvalue weighted by Crippen LogP contribution is 2.33. The number of halogens is 3. The van der Waals surface area contributed by atoms with Crippen LogP contribution >= 0.6 is 35.6 Å². The van der Waals surface area contributed by atoms with Gasteiger partial charge in [-0.25, -0.2) is 0 Å². The standard InChI is InChI=1S/C16H20Cl2N2O2.ClH/c1-22-15-7-14(18)13(17)6-12(15)16(21)20-4-2-10-8-19-9-11(10)3-5-20;/h6-7,10-11,19H,2-5,8-9H2,1H3;1H/t10-,11+;. The van der Waals surface area contributed by atoms with Gasteiger partial charge < -0.3 is 15.0 Å². The maximum absolute atomic E-state index is 12.8. The molecule has 2 heterocycles. The number of rotatable bonds is 2. The monoisotopic (exact) mass is 378 g/mol. The Bertz CT molecular complexity index is 569. The molecule has 0 saturated carbocycles. The van der Waals surface area contributed by atoms with Gasteiger partial charge in [-0.3, -0.25) is 4.79 Å². The highest BCUT2D eigenvalue weighted by atomic mass is 35.5. The lowest BCUT2D eigenvalue weighted by atomic mass is 9.92. The lowest BCUT2D eigenvalue weighted by Crippen LogP contribution is -2.33. The fourth-order valence-corrected chi connectivity index (χ4v) is 3.77. The molecule has 7 heteroatoms. The lowest BCUT2D eigenvalue weighted by molar-refractivity contribution is 0.0755. The van der Waals surface area contributed by atoms with Gasteiger partial charge in [0, 0.05) is 19.2 Å². The van der Waals surface area contributed by atoms with Crippen molar-refractivity contribution in [3.05, 3.63) is 27.7 Å². The van der Waals surface area contributed by atoms with E-state index < -0.39 is 0 Å². The number of hydrogen-bond donors (Lipinski definition) is 1. The normalized spacial score (nSPS) is 23.7. The van der Waals surface area contributed by atoms with Crippen molar-refractivity contribution in [2.24, 2.45) is 11.8 Å². The number of benzene rings is 1. The molecule has 1 N–H and O–H groups in total. The Morgan fingerprint density at radius 2 is 1.74 bits per heavy atom. The lowest BCUT2D eigenvalue weighted by Gasteiger charge is -2.22. The van der Waals surface area contributed by atoms with Crippen LogP contribution in [0.2, 0.25) is 10.0 Å². The number of hydrogen-bond acceptors (Lipinski definition) is 3. The third-order valence-corrected chi connectivity index (χ3v) is 5.50. The molecule has 3 rings (SSSR count). The predicted molar refractivity (Wildman–Crippen MR) is 95.2 cm³/mol. The second-order valence-corrected chi connectivity index (χ2v) is 6.83. The second-order valence-electron chi connectivity index (χ2n) is 6.01. The van der Waals surface area contributed by atoms with Crippen LogP contribution in [0.15, 0.2) is 12.1 Å². The molecule has 0 spiro atoms. The number of ether oxygens (including phenoxy) is 1. The zero-order valence-corrected chi connectivity index (χ0v) is 15.3. The third kappa shape index (κ3) is 3.87. The summed E-state index contributed by atoms with van der Waals surface area (Å²) in [6.45, 7) is 3.71. The van der Waals surface area contributed by atoms with Gasteiger partial charge >= 0.3 is 0 Å². The van der Waals surface area contributed by atoms with Crippen LogP contribution in [0.25, 0.3) is 0 Å². The van der Waals surface area contributed by atoms with E-state index >= 15 is 0 Å². The number of fused-ring (bicyclic) bond motifs is 1. The number of carbonyl (C=O) groups is 1. The van der Waals surface area contributed by atoms with Crippen LogP contribution < -0.4 is 10.1 Å². The first-order chi connectivity index (χ1) is 10.6. The van der Waals surface area contributed by atoms with Gasteiger partial charge in [0.15, 0.2) is 0 Å². The smallest absolute Gasteiger partial charge is 0.257 e. The molecule has 128 valence electrons. The van der Waals surface area contributed by atoms with Gasteiger partial charge in [0.25, 0.3) is 5.91 Å². The van der Waals surface area contributed by atoms with Crippen molar-refractivity contribution in [1.82, 2.24) is 10.2 Å². The molecular weight excluding hydrogens is 359 g/mol. The molecule has 0 radical (unpaired) electrons. The van der Waals surface area contributed by atoms with E-state index in [9.17, 15) is 4.79 Å². The Kier molecular flexibility index (Phi) is 6.43. The first-order valence-corrected chi connectivity index (χ1v) is 8.38. The molecule has 2 fully saturated rings. The highest BCUT2D eigenvalue weighted by molar-refractivity contribution is 6.42. The van der Waals surface area contributed by atoms with Crippen LogP contribution in [0, 0.1) is 11.8 Å². The van der Waals surface area contributed by atoms with E-state index in [0.29, 0.717) is 33.2 Å². The molecule has 0 aliphatic carbocycles. The van der Waals surface area contributed by atoms with E-state index in [2.05, 4.69) is 5.32 Å². The first-order valence-electron chi connectivity index (χ1n) is 7.63. The molecule has 2 saturated heterocycles. The van der Waals surface area contributed by atoms with Crippen LogP contribution in [0.1, 0.15) is 23.2 Å². The average molecular weight is 380 g/mol. The number of nitrogens with one attached hydrogen (secondary N) is 1. The van der Waals surface area contributed by atoms with Gasteiger partial charge in [0.2, 0.25) is 0 Å². The van der Waals surface area contributed by atoms with Gasteiger partial charge in [0.1, 0.15) is 5.75 Å². The van der Waals surface area contributed by atoms with Gasteiger partial charge in [-0.1, -0.05) is 23.2 Å².